The Morgan fingerprint density at radius 2 is 1.78 bits per heavy atom. The summed E-state index contributed by atoms with van der Waals surface area (Å²) in [7, 11) is 1.42. The van der Waals surface area contributed by atoms with Crippen LogP contribution in [0.25, 0.3) is 0 Å². The zero-order chi connectivity index (χ0) is 23.4. The molecule has 0 aliphatic rings. The van der Waals surface area contributed by atoms with Crippen molar-refractivity contribution in [1.29, 1.82) is 0 Å². The van der Waals surface area contributed by atoms with E-state index in [-0.39, 0.29) is 17.2 Å². The lowest BCUT2D eigenvalue weighted by molar-refractivity contribution is -0.394. The van der Waals surface area contributed by atoms with Crippen LogP contribution in [0, 0.1) is 27.2 Å². The quantitative estimate of drug-likeness (QED) is 0.192. The molecule has 164 valence electrons. The highest BCUT2D eigenvalue weighted by molar-refractivity contribution is 9.10. The van der Waals surface area contributed by atoms with Crippen molar-refractivity contribution >= 4 is 50.8 Å². The van der Waals surface area contributed by atoms with E-state index < -0.39 is 21.2 Å². The number of nitro benzene ring substituents is 2. The Balaban J connectivity index is 1.95. The van der Waals surface area contributed by atoms with Crippen molar-refractivity contribution in [2.24, 2.45) is 4.99 Å². The number of ether oxygens (including phenoxy) is 2. The number of aryl methyl sites for hydroxylation is 1. The van der Waals surface area contributed by atoms with E-state index in [1.165, 1.54) is 13.2 Å². The lowest BCUT2D eigenvalue weighted by Crippen LogP contribution is -1.98. The van der Waals surface area contributed by atoms with Gasteiger partial charge in [0, 0.05) is 17.3 Å². The molecular formula is C21H15BrClN3O6. The molecule has 3 rings (SSSR count). The first-order chi connectivity index (χ1) is 15.2. The van der Waals surface area contributed by atoms with Gasteiger partial charge < -0.3 is 9.47 Å². The van der Waals surface area contributed by atoms with Crippen LogP contribution in [0.15, 0.2) is 58.0 Å². The number of aliphatic imine (C=N–C) groups is 1. The van der Waals surface area contributed by atoms with Gasteiger partial charge >= 0.3 is 5.69 Å². The average molecular weight is 521 g/mol. The van der Waals surface area contributed by atoms with Gasteiger partial charge in [0.05, 0.1) is 33.2 Å². The summed E-state index contributed by atoms with van der Waals surface area (Å²) in [5.74, 6) is 0.269. The normalized spacial score (nSPS) is 10.9. The second-order valence-corrected chi connectivity index (χ2v) is 7.76. The number of benzene rings is 3. The van der Waals surface area contributed by atoms with Crippen LogP contribution in [-0.2, 0) is 0 Å². The number of halogens is 2. The summed E-state index contributed by atoms with van der Waals surface area (Å²) in [5.41, 5.74) is 1.30. The predicted molar refractivity (Wildman–Crippen MR) is 124 cm³/mol. The van der Waals surface area contributed by atoms with Crippen molar-refractivity contribution in [2.75, 3.05) is 7.11 Å². The molecule has 11 heteroatoms. The third-order valence-corrected chi connectivity index (χ3v) is 5.33. The first-order valence-electron chi connectivity index (χ1n) is 8.98. The van der Waals surface area contributed by atoms with Gasteiger partial charge in [0.1, 0.15) is 0 Å². The SMILES string of the molecule is COc1cc(C=Nc2ccc(C)c(Cl)c2)cc(Br)c1Oc1ccc([N+](=O)[O-])cc1[N+](=O)[O-]. The Morgan fingerprint density at radius 3 is 2.41 bits per heavy atom. The van der Waals surface area contributed by atoms with E-state index in [1.807, 2.05) is 19.1 Å². The number of hydrogen-bond donors (Lipinski definition) is 0. The highest BCUT2D eigenvalue weighted by Crippen LogP contribution is 2.42. The fourth-order valence-corrected chi connectivity index (χ4v) is 3.40. The number of rotatable bonds is 7. The van der Waals surface area contributed by atoms with Gasteiger partial charge in [-0.15, -0.1) is 0 Å². The summed E-state index contributed by atoms with van der Waals surface area (Å²) in [5, 5.41) is 22.9. The lowest BCUT2D eigenvalue weighted by Gasteiger charge is -2.13. The zero-order valence-corrected chi connectivity index (χ0v) is 19.1. The smallest absolute Gasteiger partial charge is 0.318 e. The molecule has 0 aliphatic carbocycles. The molecule has 3 aromatic carbocycles. The molecule has 0 fully saturated rings. The van der Waals surface area contributed by atoms with E-state index in [9.17, 15) is 20.2 Å². The molecule has 0 heterocycles. The highest BCUT2D eigenvalue weighted by Gasteiger charge is 2.23. The second kappa shape index (κ2) is 9.75. The summed E-state index contributed by atoms with van der Waals surface area (Å²) >= 11 is 9.50. The topological polar surface area (TPSA) is 117 Å². The first-order valence-corrected chi connectivity index (χ1v) is 10.1. The molecule has 0 saturated carbocycles. The largest absolute Gasteiger partial charge is 0.493 e. The van der Waals surface area contributed by atoms with Crippen LogP contribution < -0.4 is 9.47 Å². The molecule has 0 spiro atoms. The molecule has 0 saturated heterocycles. The van der Waals surface area contributed by atoms with Crippen LogP contribution >= 0.6 is 27.5 Å². The van der Waals surface area contributed by atoms with Gasteiger partial charge in [0.25, 0.3) is 5.69 Å². The lowest BCUT2D eigenvalue weighted by atomic mass is 10.2. The molecule has 0 atom stereocenters. The Kier molecular flexibility index (Phi) is 7.06. The van der Waals surface area contributed by atoms with Crippen LogP contribution in [0.4, 0.5) is 17.1 Å². The van der Waals surface area contributed by atoms with Crippen molar-refractivity contribution in [2.45, 2.75) is 6.92 Å². The van der Waals surface area contributed by atoms with Gasteiger partial charge in [0.15, 0.2) is 11.5 Å². The summed E-state index contributed by atoms with van der Waals surface area (Å²) in [6.07, 6.45) is 1.60. The van der Waals surface area contributed by atoms with Gasteiger partial charge in [0.2, 0.25) is 5.75 Å². The van der Waals surface area contributed by atoms with Crippen molar-refractivity contribution in [3.05, 3.63) is 89.4 Å². The number of nitro groups is 2. The summed E-state index contributed by atoms with van der Waals surface area (Å²) in [4.78, 5) is 25.2. The number of hydrogen-bond acceptors (Lipinski definition) is 7. The fourth-order valence-electron chi connectivity index (χ4n) is 2.68. The Labute approximate surface area is 195 Å². The molecule has 0 unspecified atom stereocenters. The second-order valence-electron chi connectivity index (χ2n) is 6.49. The molecule has 9 nitrogen and oxygen atoms in total. The number of non-ortho nitro benzene ring substituents is 1. The van der Waals surface area contributed by atoms with Gasteiger partial charge in [-0.3, -0.25) is 25.2 Å². The molecular weight excluding hydrogens is 506 g/mol. The fraction of sp³-hybridized carbons (Fsp3) is 0.0952. The summed E-state index contributed by atoms with van der Waals surface area (Å²) in [6.45, 7) is 1.89. The molecule has 0 aromatic heterocycles. The van der Waals surface area contributed by atoms with Crippen molar-refractivity contribution < 1.29 is 19.3 Å². The van der Waals surface area contributed by atoms with E-state index in [2.05, 4.69) is 20.9 Å². The third kappa shape index (κ3) is 5.21. The van der Waals surface area contributed by atoms with E-state index in [4.69, 9.17) is 21.1 Å². The molecule has 0 N–H and O–H groups in total. The number of methoxy groups -OCH3 is 1. The highest BCUT2D eigenvalue weighted by atomic mass is 79.9. The van der Waals surface area contributed by atoms with Crippen LogP contribution in [0.5, 0.6) is 17.2 Å². The molecule has 3 aromatic rings. The summed E-state index contributed by atoms with van der Waals surface area (Å²) in [6, 6.07) is 11.9. The summed E-state index contributed by atoms with van der Waals surface area (Å²) < 4.78 is 11.5. The van der Waals surface area contributed by atoms with Gasteiger partial charge in [-0.2, -0.15) is 0 Å². The maximum absolute atomic E-state index is 11.4. The van der Waals surface area contributed by atoms with E-state index >= 15 is 0 Å². The number of nitrogens with zero attached hydrogens (tertiary/aromatic N) is 3. The molecule has 0 radical (unpaired) electrons. The van der Waals surface area contributed by atoms with Crippen molar-refractivity contribution in [3.8, 4) is 17.2 Å². The first kappa shape index (κ1) is 23.2. The minimum absolute atomic E-state index is 0.167. The Morgan fingerprint density at radius 1 is 1.03 bits per heavy atom. The van der Waals surface area contributed by atoms with Gasteiger partial charge in [-0.25, -0.2) is 0 Å². The van der Waals surface area contributed by atoms with Crippen molar-refractivity contribution in [1.82, 2.24) is 0 Å². The average Bonchev–Trinajstić information content (AvgIpc) is 2.75. The van der Waals surface area contributed by atoms with E-state index in [0.717, 1.165) is 17.7 Å². The monoisotopic (exact) mass is 519 g/mol. The van der Waals surface area contributed by atoms with Crippen molar-refractivity contribution in [3.63, 3.8) is 0 Å². The predicted octanol–water partition coefficient (Wildman–Crippen LogP) is 6.78. The minimum atomic E-state index is -0.754. The van der Waals surface area contributed by atoms with Crippen LogP contribution in [0.2, 0.25) is 5.02 Å². The Hall–Kier alpha value is -3.50. The molecule has 0 aliphatic heterocycles. The zero-order valence-electron chi connectivity index (χ0n) is 16.7. The molecule has 0 amide bonds. The van der Waals surface area contributed by atoms with Gasteiger partial charge in [-0.05, 0) is 64.3 Å². The minimum Gasteiger partial charge on any atom is -0.493 e. The van der Waals surface area contributed by atoms with Crippen LogP contribution in [0.3, 0.4) is 0 Å². The van der Waals surface area contributed by atoms with Crippen LogP contribution in [0.1, 0.15) is 11.1 Å². The van der Waals surface area contributed by atoms with E-state index in [1.54, 1.807) is 24.4 Å². The maximum atomic E-state index is 11.4. The third-order valence-electron chi connectivity index (χ3n) is 4.33. The van der Waals surface area contributed by atoms with E-state index in [0.29, 0.717) is 20.7 Å². The maximum Gasteiger partial charge on any atom is 0.318 e. The van der Waals surface area contributed by atoms with Gasteiger partial charge in [-0.1, -0.05) is 17.7 Å². The van der Waals surface area contributed by atoms with Crippen LogP contribution in [-0.4, -0.2) is 23.2 Å². The Bertz CT molecular complexity index is 1250. The molecule has 32 heavy (non-hydrogen) atoms. The molecule has 0 bridgehead atoms. The standard InChI is InChI=1S/C21H15BrClN3O6/c1-12-3-4-14(9-17(12)23)24-11-13-7-16(22)21(20(8-13)31-2)32-19-6-5-15(25(27)28)10-18(19)26(29)30/h3-11H,1-2H3.